The lowest BCUT2D eigenvalue weighted by atomic mass is 10.1. The quantitative estimate of drug-likeness (QED) is 0.891. The zero-order chi connectivity index (χ0) is 14.5. The van der Waals surface area contributed by atoms with Gasteiger partial charge in [0.1, 0.15) is 0 Å². The Bertz CT molecular complexity index is 568. The lowest BCUT2D eigenvalue weighted by molar-refractivity contribution is 0.517. The molecule has 0 unspecified atom stereocenters. The number of rotatable bonds is 6. The Balaban J connectivity index is 1.98. The molecule has 1 N–H and O–H groups in total. The minimum absolute atomic E-state index is 0.394. The highest BCUT2D eigenvalue weighted by atomic mass is 35.5. The maximum Gasteiger partial charge on any atom is 0.165 e. The number of aromatic nitrogens is 4. The van der Waals surface area contributed by atoms with Gasteiger partial charge in [-0.25, -0.2) is 4.68 Å². The minimum atomic E-state index is 0.394. The van der Waals surface area contributed by atoms with E-state index in [9.17, 15) is 0 Å². The summed E-state index contributed by atoms with van der Waals surface area (Å²) in [6.45, 7) is 5.51. The van der Waals surface area contributed by atoms with Gasteiger partial charge in [0.25, 0.3) is 0 Å². The van der Waals surface area contributed by atoms with Gasteiger partial charge in [-0.15, -0.1) is 5.10 Å². The van der Waals surface area contributed by atoms with E-state index in [1.165, 1.54) is 0 Å². The highest BCUT2D eigenvalue weighted by Gasteiger charge is 2.08. The summed E-state index contributed by atoms with van der Waals surface area (Å²) in [4.78, 5) is 0. The molecule has 0 fully saturated rings. The predicted octanol–water partition coefficient (Wildman–Crippen LogP) is 2.72. The highest BCUT2D eigenvalue weighted by Crippen LogP contribution is 2.21. The molecule has 2 aromatic rings. The van der Waals surface area contributed by atoms with Crippen molar-refractivity contribution in [2.45, 2.75) is 39.4 Å². The van der Waals surface area contributed by atoms with Crippen LogP contribution in [0, 0.1) is 0 Å². The molecule has 0 amide bonds. The molecule has 0 atom stereocenters. The number of halogens is 2. The summed E-state index contributed by atoms with van der Waals surface area (Å²) in [6, 6.07) is 5.91. The Labute approximate surface area is 128 Å². The fraction of sp³-hybridized carbons (Fsp3) is 0.462. The summed E-state index contributed by atoms with van der Waals surface area (Å²) >= 11 is 12.0. The van der Waals surface area contributed by atoms with Crippen LogP contribution in [0.2, 0.25) is 10.0 Å². The summed E-state index contributed by atoms with van der Waals surface area (Å²) in [5, 5.41) is 16.4. The lowest BCUT2D eigenvalue weighted by Crippen LogP contribution is -2.24. The van der Waals surface area contributed by atoms with Crippen molar-refractivity contribution in [3.63, 3.8) is 0 Å². The number of nitrogens with one attached hydrogen (secondary N) is 1. The Morgan fingerprint density at radius 1 is 1.30 bits per heavy atom. The molecule has 5 nitrogen and oxygen atoms in total. The van der Waals surface area contributed by atoms with Crippen molar-refractivity contribution in [2.75, 3.05) is 0 Å². The minimum Gasteiger partial charge on any atom is -0.308 e. The van der Waals surface area contributed by atoms with E-state index in [1.54, 1.807) is 10.7 Å². The molecule has 2 rings (SSSR count). The number of nitrogens with zero attached hydrogens (tertiary/aromatic N) is 4. The second kappa shape index (κ2) is 7.02. The van der Waals surface area contributed by atoms with Gasteiger partial charge in [-0.2, -0.15) is 0 Å². The van der Waals surface area contributed by atoms with Gasteiger partial charge in [-0.3, -0.25) is 0 Å². The van der Waals surface area contributed by atoms with Crippen LogP contribution in [0.4, 0.5) is 0 Å². The van der Waals surface area contributed by atoms with E-state index in [0.29, 0.717) is 29.2 Å². The molecule has 0 aliphatic rings. The number of hydrogen-bond donors (Lipinski definition) is 1. The molecule has 0 saturated carbocycles. The molecular formula is C13H17Cl2N5. The van der Waals surface area contributed by atoms with E-state index >= 15 is 0 Å². The Morgan fingerprint density at radius 3 is 2.80 bits per heavy atom. The summed E-state index contributed by atoms with van der Waals surface area (Å²) in [6.07, 6.45) is 0.760. The van der Waals surface area contributed by atoms with Gasteiger partial charge in [-0.05, 0) is 34.5 Å². The predicted molar refractivity (Wildman–Crippen MR) is 80.0 cm³/mol. The van der Waals surface area contributed by atoms with Gasteiger partial charge in [0.2, 0.25) is 0 Å². The normalized spacial score (nSPS) is 11.2. The first-order chi connectivity index (χ1) is 9.56. The molecule has 0 radical (unpaired) electrons. The Kier molecular flexibility index (Phi) is 5.34. The van der Waals surface area contributed by atoms with Crippen LogP contribution in [0.15, 0.2) is 18.2 Å². The van der Waals surface area contributed by atoms with E-state index < -0.39 is 0 Å². The van der Waals surface area contributed by atoms with Crippen LogP contribution in [-0.4, -0.2) is 26.2 Å². The maximum absolute atomic E-state index is 6.15. The smallest absolute Gasteiger partial charge is 0.165 e. The summed E-state index contributed by atoms with van der Waals surface area (Å²) in [5.74, 6) is 0.823. The van der Waals surface area contributed by atoms with E-state index in [1.807, 2.05) is 12.1 Å². The fourth-order valence-electron chi connectivity index (χ4n) is 1.77. The van der Waals surface area contributed by atoms with Crippen LogP contribution in [0.5, 0.6) is 0 Å². The maximum atomic E-state index is 6.15. The van der Waals surface area contributed by atoms with Crippen LogP contribution in [0.1, 0.15) is 25.2 Å². The van der Waals surface area contributed by atoms with Gasteiger partial charge in [0, 0.05) is 22.6 Å². The fourth-order valence-corrected chi connectivity index (χ4v) is 2.27. The summed E-state index contributed by atoms with van der Waals surface area (Å²) in [7, 11) is 0. The van der Waals surface area contributed by atoms with Gasteiger partial charge >= 0.3 is 0 Å². The van der Waals surface area contributed by atoms with Crippen molar-refractivity contribution in [3.8, 4) is 0 Å². The zero-order valence-corrected chi connectivity index (χ0v) is 13.0. The van der Waals surface area contributed by atoms with Crippen molar-refractivity contribution in [3.05, 3.63) is 39.6 Å². The molecule has 0 aliphatic carbocycles. The molecule has 20 heavy (non-hydrogen) atoms. The monoisotopic (exact) mass is 313 g/mol. The topological polar surface area (TPSA) is 55.6 Å². The van der Waals surface area contributed by atoms with Crippen LogP contribution < -0.4 is 5.32 Å². The van der Waals surface area contributed by atoms with Gasteiger partial charge in [-0.1, -0.05) is 43.1 Å². The van der Waals surface area contributed by atoms with Gasteiger partial charge in [0.15, 0.2) is 5.82 Å². The average Bonchev–Trinajstić information content (AvgIpc) is 2.83. The van der Waals surface area contributed by atoms with Gasteiger partial charge < -0.3 is 5.32 Å². The van der Waals surface area contributed by atoms with Crippen molar-refractivity contribution in [2.24, 2.45) is 0 Å². The molecule has 1 heterocycles. The summed E-state index contributed by atoms with van der Waals surface area (Å²) < 4.78 is 1.79. The molecule has 0 spiro atoms. The standard InChI is InChI=1S/C13H17Cl2N5/c1-9(2)16-8-13-17-18-19-20(13)6-5-10-3-4-11(14)7-12(10)15/h3-4,7,9,16H,5-6,8H2,1-2H3. The molecule has 1 aromatic carbocycles. The van der Waals surface area contributed by atoms with Crippen molar-refractivity contribution in [1.82, 2.24) is 25.5 Å². The van der Waals surface area contributed by atoms with Crippen LogP contribution >= 0.6 is 23.2 Å². The first-order valence-corrected chi connectivity index (χ1v) is 7.24. The third kappa shape index (κ3) is 4.16. The summed E-state index contributed by atoms with van der Waals surface area (Å²) in [5.41, 5.74) is 1.04. The van der Waals surface area contributed by atoms with Crippen molar-refractivity contribution in [1.29, 1.82) is 0 Å². The molecule has 108 valence electrons. The van der Waals surface area contributed by atoms with E-state index in [4.69, 9.17) is 23.2 Å². The Morgan fingerprint density at radius 2 is 2.10 bits per heavy atom. The van der Waals surface area contributed by atoms with Crippen molar-refractivity contribution < 1.29 is 0 Å². The Hall–Kier alpha value is -1.17. The van der Waals surface area contributed by atoms with E-state index in [2.05, 4.69) is 34.7 Å². The first kappa shape index (κ1) is 15.2. The van der Waals surface area contributed by atoms with E-state index in [-0.39, 0.29) is 0 Å². The number of tetrazole rings is 1. The molecular weight excluding hydrogens is 297 g/mol. The lowest BCUT2D eigenvalue weighted by Gasteiger charge is -2.09. The van der Waals surface area contributed by atoms with Gasteiger partial charge in [0.05, 0.1) is 6.54 Å². The molecule has 1 aromatic heterocycles. The third-order valence-electron chi connectivity index (χ3n) is 2.88. The highest BCUT2D eigenvalue weighted by molar-refractivity contribution is 6.35. The van der Waals surface area contributed by atoms with Crippen LogP contribution in [0.25, 0.3) is 0 Å². The molecule has 0 saturated heterocycles. The molecule has 7 heteroatoms. The number of benzene rings is 1. The SMILES string of the molecule is CC(C)NCc1nnnn1CCc1ccc(Cl)cc1Cl. The zero-order valence-electron chi connectivity index (χ0n) is 11.5. The number of aryl methyl sites for hydroxylation is 2. The largest absolute Gasteiger partial charge is 0.308 e. The molecule has 0 aliphatic heterocycles. The van der Waals surface area contributed by atoms with Crippen molar-refractivity contribution >= 4 is 23.2 Å². The average molecular weight is 314 g/mol. The third-order valence-corrected chi connectivity index (χ3v) is 3.47. The van der Waals surface area contributed by atoms with E-state index in [0.717, 1.165) is 17.8 Å². The first-order valence-electron chi connectivity index (χ1n) is 6.48. The second-order valence-electron chi connectivity index (χ2n) is 4.84. The molecule has 0 bridgehead atoms. The second-order valence-corrected chi connectivity index (χ2v) is 5.68. The van der Waals surface area contributed by atoms with Crippen LogP contribution in [0.3, 0.4) is 0 Å². The number of hydrogen-bond acceptors (Lipinski definition) is 4. The van der Waals surface area contributed by atoms with Crippen LogP contribution in [-0.2, 0) is 19.5 Å².